The van der Waals surface area contributed by atoms with E-state index >= 15 is 0 Å². The van der Waals surface area contributed by atoms with E-state index in [1.54, 1.807) is 31.2 Å². The number of carbonyl (C=O) groups is 1. The molecular formula is C14H20Cl2N2O2. The first-order valence-corrected chi connectivity index (χ1v) is 6.90. The molecule has 1 unspecified atom stereocenters. The lowest BCUT2D eigenvalue weighted by Crippen LogP contribution is -2.47. The summed E-state index contributed by atoms with van der Waals surface area (Å²) in [5, 5.41) is 0.598. The van der Waals surface area contributed by atoms with Gasteiger partial charge in [-0.05, 0) is 38.0 Å². The van der Waals surface area contributed by atoms with Crippen LogP contribution in [-0.2, 0) is 4.79 Å². The second-order valence-corrected chi connectivity index (χ2v) is 5.32. The van der Waals surface area contributed by atoms with Gasteiger partial charge in [0.1, 0.15) is 5.75 Å². The fourth-order valence-electron chi connectivity index (χ4n) is 2.17. The minimum atomic E-state index is -0.507. The molecule has 1 amide bonds. The molecule has 0 saturated carbocycles. The highest BCUT2D eigenvalue weighted by atomic mass is 35.5. The molecule has 1 aliphatic rings. The number of hydrogen-bond acceptors (Lipinski definition) is 3. The smallest absolute Gasteiger partial charge is 0.263 e. The van der Waals surface area contributed by atoms with Gasteiger partial charge < -0.3 is 15.4 Å². The molecule has 1 fully saturated rings. The van der Waals surface area contributed by atoms with Gasteiger partial charge in [0.05, 0.1) is 0 Å². The lowest BCUT2D eigenvalue weighted by atomic mass is 10.1. The Morgan fingerprint density at radius 1 is 1.45 bits per heavy atom. The first-order valence-electron chi connectivity index (χ1n) is 6.53. The minimum Gasteiger partial charge on any atom is -0.481 e. The average Bonchev–Trinajstić information content (AvgIpc) is 2.39. The zero-order chi connectivity index (χ0) is 13.8. The predicted molar refractivity (Wildman–Crippen MR) is 82.6 cm³/mol. The summed E-state index contributed by atoms with van der Waals surface area (Å²) in [7, 11) is 0. The van der Waals surface area contributed by atoms with Crippen LogP contribution in [0.15, 0.2) is 24.3 Å². The highest BCUT2D eigenvalue weighted by Crippen LogP contribution is 2.19. The third kappa shape index (κ3) is 4.54. The summed E-state index contributed by atoms with van der Waals surface area (Å²) in [6, 6.07) is 7.29. The van der Waals surface area contributed by atoms with E-state index in [0.29, 0.717) is 23.9 Å². The molecule has 1 saturated heterocycles. The lowest BCUT2D eigenvalue weighted by Gasteiger charge is -2.32. The Morgan fingerprint density at radius 2 is 2.10 bits per heavy atom. The predicted octanol–water partition coefficient (Wildman–Crippen LogP) is 2.48. The van der Waals surface area contributed by atoms with Crippen molar-refractivity contribution in [2.75, 3.05) is 13.1 Å². The van der Waals surface area contributed by atoms with Gasteiger partial charge in [-0.3, -0.25) is 4.79 Å². The first kappa shape index (κ1) is 17.1. The average molecular weight is 319 g/mol. The van der Waals surface area contributed by atoms with Crippen molar-refractivity contribution >= 4 is 29.9 Å². The van der Waals surface area contributed by atoms with Crippen molar-refractivity contribution in [3.63, 3.8) is 0 Å². The molecule has 112 valence electrons. The SMILES string of the molecule is CC(Oc1cccc(Cl)c1)C(=O)N1CCC(N)CC1.Cl. The van der Waals surface area contributed by atoms with Crippen molar-refractivity contribution in [3.8, 4) is 5.75 Å². The van der Waals surface area contributed by atoms with E-state index < -0.39 is 6.10 Å². The van der Waals surface area contributed by atoms with Gasteiger partial charge in [0.15, 0.2) is 6.10 Å². The molecule has 2 N–H and O–H groups in total. The second-order valence-electron chi connectivity index (χ2n) is 4.88. The minimum absolute atomic E-state index is 0. The maximum atomic E-state index is 12.2. The summed E-state index contributed by atoms with van der Waals surface area (Å²) < 4.78 is 5.63. The van der Waals surface area contributed by atoms with Crippen molar-refractivity contribution in [2.45, 2.75) is 31.9 Å². The Labute approximate surface area is 130 Å². The Hall–Kier alpha value is -0.970. The van der Waals surface area contributed by atoms with Crippen LogP contribution in [0, 0.1) is 0 Å². The number of hydrogen-bond donors (Lipinski definition) is 1. The molecule has 20 heavy (non-hydrogen) atoms. The van der Waals surface area contributed by atoms with Crippen LogP contribution in [0.3, 0.4) is 0 Å². The van der Waals surface area contributed by atoms with Crippen LogP contribution < -0.4 is 10.5 Å². The summed E-state index contributed by atoms with van der Waals surface area (Å²) in [5.41, 5.74) is 5.83. The number of halogens is 2. The fourth-order valence-corrected chi connectivity index (χ4v) is 2.35. The van der Waals surface area contributed by atoms with Crippen LogP contribution >= 0.6 is 24.0 Å². The number of carbonyl (C=O) groups excluding carboxylic acids is 1. The molecule has 0 aromatic heterocycles. The first-order chi connectivity index (χ1) is 9.06. The largest absolute Gasteiger partial charge is 0.481 e. The van der Waals surface area contributed by atoms with Crippen LogP contribution in [0.1, 0.15) is 19.8 Å². The molecule has 0 radical (unpaired) electrons. The second kappa shape index (κ2) is 7.72. The third-order valence-corrected chi connectivity index (χ3v) is 3.54. The number of piperidine rings is 1. The summed E-state index contributed by atoms with van der Waals surface area (Å²) in [6.45, 7) is 3.18. The van der Waals surface area contributed by atoms with E-state index in [4.69, 9.17) is 22.1 Å². The highest BCUT2D eigenvalue weighted by Gasteiger charge is 2.25. The molecule has 0 aliphatic carbocycles. The van der Waals surface area contributed by atoms with Gasteiger partial charge >= 0.3 is 0 Å². The van der Waals surface area contributed by atoms with Gasteiger partial charge in [0.25, 0.3) is 5.91 Å². The van der Waals surface area contributed by atoms with E-state index in [1.807, 2.05) is 4.90 Å². The van der Waals surface area contributed by atoms with Crippen molar-refractivity contribution in [1.29, 1.82) is 0 Å². The Balaban J connectivity index is 0.00000200. The van der Waals surface area contributed by atoms with Gasteiger partial charge in [-0.1, -0.05) is 17.7 Å². The van der Waals surface area contributed by atoms with Gasteiger partial charge in [-0.2, -0.15) is 0 Å². The molecule has 1 aliphatic heterocycles. The maximum Gasteiger partial charge on any atom is 0.263 e. The Bertz CT molecular complexity index is 449. The molecule has 1 aromatic rings. The van der Waals surface area contributed by atoms with Crippen LogP contribution in [-0.4, -0.2) is 36.0 Å². The van der Waals surface area contributed by atoms with Crippen molar-refractivity contribution in [1.82, 2.24) is 4.90 Å². The van der Waals surface area contributed by atoms with Crippen LogP contribution in [0.2, 0.25) is 5.02 Å². The molecule has 1 atom stereocenters. The number of amides is 1. The van der Waals surface area contributed by atoms with Crippen LogP contribution in [0.5, 0.6) is 5.75 Å². The molecule has 1 heterocycles. The summed E-state index contributed by atoms with van der Waals surface area (Å²) in [5.74, 6) is 0.619. The third-order valence-electron chi connectivity index (χ3n) is 3.31. The summed E-state index contributed by atoms with van der Waals surface area (Å²) in [6.07, 6.45) is 1.21. The number of likely N-dealkylation sites (tertiary alicyclic amines) is 1. The lowest BCUT2D eigenvalue weighted by molar-refractivity contribution is -0.139. The summed E-state index contributed by atoms with van der Waals surface area (Å²) >= 11 is 5.88. The summed E-state index contributed by atoms with van der Waals surface area (Å²) in [4.78, 5) is 14.0. The normalized spacial score (nSPS) is 17.2. The van der Waals surface area contributed by atoms with Gasteiger partial charge in [0.2, 0.25) is 0 Å². The van der Waals surface area contributed by atoms with Gasteiger partial charge in [0, 0.05) is 24.2 Å². The number of nitrogens with two attached hydrogens (primary N) is 1. The standard InChI is InChI=1S/C14H19ClN2O2.ClH/c1-10(19-13-4-2-3-11(15)9-13)14(18)17-7-5-12(16)6-8-17;/h2-4,9-10,12H,5-8,16H2,1H3;1H. The quantitative estimate of drug-likeness (QED) is 0.931. The topological polar surface area (TPSA) is 55.6 Å². The number of nitrogens with zero attached hydrogens (tertiary/aromatic N) is 1. The van der Waals surface area contributed by atoms with E-state index in [1.165, 1.54) is 0 Å². The molecular weight excluding hydrogens is 299 g/mol. The Kier molecular flexibility index (Phi) is 6.59. The molecule has 6 heteroatoms. The molecule has 0 spiro atoms. The molecule has 2 rings (SSSR count). The number of ether oxygens (including phenoxy) is 1. The van der Waals surface area contributed by atoms with Crippen molar-refractivity contribution in [3.05, 3.63) is 29.3 Å². The van der Waals surface area contributed by atoms with Crippen molar-refractivity contribution in [2.24, 2.45) is 5.73 Å². The molecule has 4 nitrogen and oxygen atoms in total. The molecule has 1 aromatic carbocycles. The zero-order valence-electron chi connectivity index (χ0n) is 11.4. The van der Waals surface area contributed by atoms with E-state index in [2.05, 4.69) is 0 Å². The maximum absolute atomic E-state index is 12.2. The van der Waals surface area contributed by atoms with Crippen LogP contribution in [0.25, 0.3) is 0 Å². The van der Waals surface area contributed by atoms with Crippen LogP contribution in [0.4, 0.5) is 0 Å². The van der Waals surface area contributed by atoms with E-state index in [0.717, 1.165) is 12.8 Å². The molecule has 0 bridgehead atoms. The van der Waals surface area contributed by atoms with Crippen molar-refractivity contribution < 1.29 is 9.53 Å². The Morgan fingerprint density at radius 3 is 2.70 bits per heavy atom. The number of rotatable bonds is 3. The van der Waals surface area contributed by atoms with E-state index in [-0.39, 0.29) is 24.4 Å². The number of benzene rings is 1. The van der Waals surface area contributed by atoms with Gasteiger partial charge in [-0.25, -0.2) is 0 Å². The van der Waals surface area contributed by atoms with E-state index in [9.17, 15) is 4.79 Å². The monoisotopic (exact) mass is 318 g/mol. The van der Waals surface area contributed by atoms with Gasteiger partial charge in [-0.15, -0.1) is 12.4 Å². The fraction of sp³-hybridized carbons (Fsp3) is 0.500. The highest BCUT2D eigenvalue weighted by molar-refractivity contribution is 6.30. The zero-order valence-corrected chi connectivity index (χ0v) is 13.0.